The van der Waals surface area contributed by atoms with Gasteiger partial charge in [0.1, 0.15) is 11.5 Å². The SMILES string of the molecule is Cn1cnc2cc(-c3nn(CCO)c(N)c3C=O)ccc21. The number of aliphatic hydroxyl groups is 1. The van der Waals surface area contributed by atoms with Gasteiger partial charge in [-0.15, -0.1) is 0 Å². The van der Waals surface area contributed by atoms with Crippen molar-refractivity contribution in [2.45, 2.75) is 6.54 Å². The standard InChI is InChI=1S/C14H15N5O2/c1-18-8-16-11-6-9(2-3-12(11)18)13-10(7-21)14(15)19(17-13)4-5-20/h2-3,6-8,20H,4-5,15H2,1H3. The molecule has 7 heteroatoms. The molecule has 0 atom stereocenters. The van der Waals surface area contributed by atoms with Crippen molar-refractivity contribution in [2.75, 3.05) is 12.3 Å². The van der Waals surface area contributed by atoms with Gasteiger partial charge in [-0.05, 0) is 12.1 Å². The average molecular weight is 285 g/mol. The van der Waals surface area contributed by atoms with Crippen LogP contribution in [0.3, 0.4) is 0 Å². The van der Waals surface area contributed by atoms with E-state index < -0.39 is 0 Å². The molecular formula is C14H15N5O2. The Bertz CT molecular complexity index is 818. The maximum Gasteiger partial charge on any atom is 0.156 e. The third-order valence-electron chi connectivity index (χ3n) is 3.46. The van der Waals surface area contributed by atoms with Crippen LogP contribution in [0.4, 0.5) is 5.82 Å². The van der Waals surface area contributed by atoms with Gasteiger partial charge < -0.3 is 15.4 Å². The number of nitrogens with two attached hydrogens (primary N) is 1. The molecule has 0 amide bonds. The molecule has 3 aromatic rings. The minimum Gasteiger partial charge on any atom is -0.394 e. The van der Waals surface area contributed by atoms with Gasteiger partial charge in [-0.25, -0.2) is 9.67 Å². The number of hydrogen-bond donors (Lipinski definition) is 2. The molecule has 0 bridgehead atoms. The molecule has 2 heterocycles. The van der Waals surface area contributed by atoms with Gasteiger partial charge in [-0.1, -0.05) is 6.07 Å². The van der Waals surface area contributed by atoms with Crippen molar-refractivity contribution in [1.29, 1.82) is 0 Å². The predicted molar refractivity (Wildman–Crippen MR) is 78.8 cm³/mol. The Labute approximate surface area is 120 Å². The Balaban J connectivity index is 2.17. The number of anilines is 1. The molecule has 0 unspecified atom stereocenters. The molecule has 0 spiro atoms. The van der Waals surface area contributed by atoms with Gasteiger partial charge in [0, 0.05) is 12.6 Å². The fraction of sp³-hybridized carbons (Fsp3) is 0.214. The molecule has 1 aromatic carbocycles. The zero-order valence-corrected chi connectivity index (χ0v) is 11.5. The summed E-state index contributed by atoms with van der Waals surface area (Å²) in [7, 11) is 1.92. The van der Waals surface area contributed by atoms with Crippen LogP contribution in [-0.2, 0) is 13.6 Å². The number of hydrogen-bond acceptors (Lipinski definition) is 5. The average Bonchev–Trinajstić information content (AvgIpc) is 3.01. The van der Waals surface area contributed by atoms with Gasteiger partial charge in [0.05, 0.1) is 36.1 Å². The minimum absolute atomic E-state index is 0.0944. The number of aldehydes is 1. The van der Waals surface area contributed by atoms with Crippen molar-refractivity contribution < 1.29 is 9.90 Å². The highest BCUT2D eigenvalue weighted by atomic mass is 16.3. The van der Waals surface area contributed by atoms with Crippen LogP contribution in [0.15, 0.2) is 24.5 Å². The summed E-state index contributed by atoms with van der Waals surface area (Å²) < 4.78 is 3.35. The molecule has 7 nitrogen and oxygen atoms in total. The maximum atomic E-state index is 11.3. The number of imidazole rings is 1. The third-order valence-corrected chi connectivity index (χ3v) is 3.46. The number of aromatic nitrogens is 4. The molecule has 2 aromatic heterocycles. The quantitative estimate of drug-likeness (QED) is 0.691. The van der Waals surface area contributed by atoms with Crippen molar-refractivity contribution in [3.05, 3.63) is 30.1 Å². The number of nitrogen functional groups attached to an aromatic ring is 1. The molecule has 0 saturated heterocycles. The van der Waals surface area contributed by atoms with E-state index in [1.165, 1.54) is 4.68 Å². The van der Waals surface area contributed by atoms with Crippen LogP contribution in [-0.4, -0.2) is 37.3 Å². The number of aliphatic hydroxyl groups excluding tert-OH is 1. The summed E-state index contributed by atoms with van der Waals surface area (Å²) >= 11 is 0. The van der Waals surface area contributed by atoms with E-state index in [1.807, 2.05) is 29.8 Å². The fourth-order valence-corrected chi connectivity index (χ4v) is 2.37. The molecule has 0 radical (unpaired) electrons. The van der Waals surface area contributed by atoms with E-state index in [9.17, 15) is 4.79 Å². The number of benzene rings is 1. The number of carbonyl (C=O) groups is 1. The maximum absolute atomic E-state index is 11.3. The molecular weight excluding hydrogens is 270 g/mol. The van der Waals surface area contributed by atoms with Gasteiger partial charge in [0.2, 0.25) is 0 Å². The summed E-state index contributed by atoms with van der Waals surface area (Å²) in [4.78, 5) is 15.6. The second-order valence-corrected chi connectivity index (χ2v) is 4.77. The number of carbonyl (C=O) groups excluding carboxylic acids is 1. The van der Waals surface area contributed by atoms with E-state index in [-0.39, 0.29) is 19.0 Å². The fourth-order valence-electron chi connectivity index (χ4n) is 2.37. The van der Waals surface area contributed by atoms with E-state index in [0.717, 1.165) is 16.6 Å². The van der Waals surface area contributed by atoms with E-state index >= 15 is 0 Å². The second kappa shape index (κ2) is 5.02. The topological polar surface area (TPSA) is 99.0 Å². The lowest BCUT2D eigenvalue weighted by Crippen LogP contribution is -2.08. The number of rotatable bonds is 4. The highest BCUT2D eigenvalue weighted by Crippen LogP contribution is 2.28. The molecule has 0 saturated carbocycles. The Morgan fingerprint density at radius 2 is 2.24 bits per heavy atom. The zero-order valence-electron chi connectivity index (χ0n) is 11.5. The summed E-state index contributed by atoms with van der Waals surface area (Å²) in [5, 5.41) is 13.3. The lowest BCUT2D eigenvalue weighted by atomic mass is 10.1. The third kappa shape index (κ3) is 2.07. The van der Waals surface area contributed by atoms with Crippen LogP contribution >= 0.6 is 0 Å². The van der Waals surface area contributed by atoms with Gasteiger partial charge in [0.25, 0.3) is 0 Å². The smallest absolute Gasteiger partial charge is 0.156 e. The largest absolute Gasteiger partial charge is 0.394 e. The van der Waals surface area contributed by atoms with E-state index in [2.05, 4.69) is 10.1 Å². The van der Waals surface area contributed by atoms with Crippen LogP contribution in [0, 0.1) is 0 Å². The molecule has 3 rings (SSSR count). The van der Waals surface area contributed by atoms with E-state index in [1.54, 1.807) is 6.33 Å². The van der Waals surface area contributed by atoms with Crippen LogP contribution in [0.1, 0.15) is 10.4 Å². The molecule has 21 heavy (non-hydrogen) atoms. The zero-order chi connectivity index (χ0) is 15.0. The summed E-state index contributed by atoms with van der Waals surface area (Å²) in [6.45, 7) is 0.154. The van der Waals surface area contributed by atoms with Crippen LogP contribution in [0.5, 0.6) is 0 Å². The Kier molecular flexibility index (Phi) is 3.19. The Morgan fingerprint density at radius 1 is 1.43 bits per heavy atom. The summed E-state index contributed by atoms with van der Waals surface area (Å²) in [5.74, 6) is 0.259. The monoisotopic (exact) mass is 285 g/mol. The molecule has 3 N–H and O–H groups in total. The van der Waals surface area contributed by atoms with E-state index in [0.29, 0.717) is 17.5 Å². The first kappa shape index (κ1) is 13.3. The van der Waals surface area contributed by atoms with Crippen molar-refractivity contribution >= 4 is 23.1 Å². The molecule has 0 aliphatic rings. The minimum atomic E-state index is -0.0944. The van der Waals surface area contributed by atoms with Gasteiger partial charge in [0.15, 0.2) is 6.29 Å². The Morgan fingerprint density at radius 3 is 2.95 bits per heavy atom. The van der Waals surface area contributed by atoms with Crippen molar-refractivity contribution in [3.63, 3.8) is 0 Å². The van der Waals surface area contributed by atoms with E-state index in [4.69, 9.17) is 10.8 Å². The number of fused-ring (bicyclic) bond motifs is 1. The molecule has 108 valence electrons. The van der Waals surface area contributed by atoms with Crippen molar-refractivity contribution in [1.82, 2.24) is 19.3 Å². The van der Waals surface area contributed by atoms with Gasteiger partial charge in [-0.3, -0.25) is 4.79 Å². The predicted octanol–water partition coefficient (Wildman–Crippen LogP) is 0.824. The summed E-state index contributed by atoms with van der Waals surface area (Å²) in [6.07, 6.45) is 2.42. The van der Waals surface area contributed by atoms with Gasteiger partial charge >= 0.3 is 0 Å². The van der Waals surface area contributed by atoms with Crippen LogP contribution < -0.4 is 5.73 Å². The van der Waals surface area contributed by atoms with Crippen LogP contribution in [0.2, 0.25) is 0 Å². The summed E-state index contributed by atoms with van der Waals surface area (Å²) in [6, 6.07) is 5.67. The summed E-state index contributed by atoms with van der Waals surface area (Å²) in [5.41, 5.74) is 9.31. The highest BCUT2D eigenvalue weighted by Gasteiger charge is 2.17. The first-order chi connectivity index (χ1) is 10.2. The first-order valence-corrected chi connectivity index (χ1v) is 6.49. The lowest BCUT2D eigenvalue weighted by molar-refractivity contribution is 0.112. The Hall–Kier alpha value is -2.67. The highest BCUT2D eigenvalue weighted by molar-refractivity contribution is 5.93. The normalized spacial score (nSPS) is 11.1. The van der Waals surface area contributed by atoms with Gasteiger partial charge in [-0.2, -0.15) is 5.10 Å². The molecule has 0 aliphatic carbocycles. The lowest BCUT2D eigenvalue weighted by Gasteiger charge is -2.00. The number of nitrogens with zero attached hydrogens (tertiary/aromatic N) is 4. The van der Waals surface area contributed by atoms with Crippen molar-refractivity contribution in [3.8, 4) is 11.3 Å². The number of aryl methyl sites for hydroxylation is 1. The van der Waals surface area contributed by atoms with Crippen LogP contribution in [0.25, 0.3) is 22.3 Å². The molecule has 0 aliphatic heterocycles. The second-order valence-electron chi connectivity index (χ2n) is 4.77. The first-order valence-electron chi connectivity index (χ1n) is 6.49. The van der Waals surface area contributed by atoms with Crippen molar-refractivity contribution in [2.24, 2.45) is 7.05 Å². The molecule has 0 fully saturated rings.